The van der Waals surface area contributed by atoms with Gasteiger partial charge >= 0.3 is 0 Å². The zero-order chi connectivity index (χ0) is 10.1. The van der Waals surface area contributed by atoms with Gasteiger partial charge in [-0.1, -0.05) is 43.6 Å². The fraction of sp³-hybridized carbons (Fsp3) is 0.538. The highest BCUT2D eigenvalue weighted by atomic mass is 14.2. The molecule has 74 valence electrons. The topological polar surface area (TPSA) is 0 Å². The Hall–Kier alpha value is -0.780. The van der Waals surface area contributed by atoms with Crippen molar-refractivity contribution in [3.8, 4) is 0 Å². The van der Waals surface area contributed by atoms with Gasteiger partial charge in [-0.05, 0) is 25.7 Å². The predicted molar refractivity (Wildman–Crippen MR) is 61.8 cm³/mol. The normalized spacial score (nSPS) is 17.9. The molecule has 0 unspecified atom stereocenters. The Kier molecular flexibility index (Phi) is 7.38. The lowest BCUT2D eigenvalue weighted by Crippen LogP contribution is -2.06. The molecular weight excluding hydrogens is 156 g/mol. The Balaban J connectivity index is 0.000000671. The van der Waals surface area contributed by atoms with Crippen LogP contribution in [0.2, 0.25) is 0 Å². The maximum atomic E-state index is 4.08. The van der Waals surface area contributed by atoms with Crippen LogP contribution in [0.15, 0.2) is 37.5 Å². The van der Waals surface area contributed by atoms with E-state index in [1.165, 1.54) is 37.7 Å². The van der Waals surface area contributed by atoms with E-state index in [0.717, 1.165) is 5.92 Å². The molecule has 0 aromatic heterocycles. The van der Waals surface area contributed by atoms with Crippen molar-refractivity contribution < 1.29 is 0 Å². The minimum Gasteiger partial charge on any atom is -0.106 e. The van der Waals surface area contributed by atoms with Crippen LogP contribution < -0.4 is 0 Å². The molecule has 0 saturated heterocycles. The lowest BCUT2D eigenvalue weighted by Gasteiger charge is -2.21. The van der Waals surface area contributed by atoms with Gasteiger partial charge in [-0.3, -0.25) is 0 Å². The van der Waals surface area contributed by atoms with Crippen LogP contribution in [0.5, 0.6) is 0 Å². The average Bonchev–Trinajstić information content (AvgIpc) is 2.23. The molecule has 0 aromatic rings. The van der Waals surface area contributed by atoms with E-state index in [-0.39, 0.29) is 0 Å². The highest BCUT2D eigenvalue weighted by Crippen LogP contribution is 2.29. The first-order valence-electron chi connectivity index (χ1n) is 5.16. The van der Waals surface area contributed by atoms with Gasteiger partial charge in [-0.25, -0.2) is 0 Å². The molecule has 1 fully saturated rings. The van der Waals surface area contributed by atoms with Crippen LogP contribution in [-0.2, 0) is 0 Å². The van der Waals surface area contributed by atoms with Gasteiger partial charge in [-0.2, -0.15) is 0 Å². The van der Waals surface area contributed by atoms with Crippen LogP contribution in [0.4, 0.5) is 0 Å². The molecule has 1 aliphatic rings. The van der Waals surface area contributed by atoms with E-state index in [1.54, 1.807) is 0 Å². The van der Waals surface area contributed by atoms with Crippen LogP contribution in [0, 0.1) is 5.92 Å². The van der Waals surface area contributed by atoms with Crippen LogP contribution in [0.3, 0.4) is 0 Å². The van der Waals surface area contributed by atoms with Crippen LogP contribution >= 0.6 is 0 Å². The third-order valence-electron chi connectivity index (χ3n) is 2.51. The van der Waals surface area contributed by atoms with Gasteiger partial charge in [0.25, 0.3) is 0 Å². The first kappa shape index (κ1) is 12.2. The van der Waals surface area contributed by atoms with Gasteiger partial charge in [0.2, 0.25) is 0 Å². The first-order chi connectivity index (χ1) is 6.34. The summed E-state index contributed by atoms with van der Waals surface area (Å²) in [5.41, 5.74) is 1.34. The lowest BCUT2D eigenvalue weighted by molar-refractivity contribution is 0.409. The first-order valence-corrected chi connectivity index (χ1v) is 5.16. The number of hydrogen-bond acceptors (Lipinski definition) is 0. The van der Waals surface area contributed by atoms with Crippen molar-refractivity contribution in [2.24, 2.45) is 5.92 Å². The molecular formula is C13H22. The van der Waals surface area contributed by atoms with Crippen molar-refractivity contribution in [3.05, 3.63) is 37.5 Å². The monoisotopic (exact) mass is 178 g/mol. The van der Waals surface area contributed by atoms with Gasteiger partial charge in [0, 0.05) is 0 Å². The largest absolute Gasteiger partial charge is 0.106 e. The molecule has 0 spiro atoms. The third-order valence-corrected chi connectivity index (χ3v) is 2.51. The smallest absolute Gasteiger partial charge is 0.0168 e. The summed E-state index contributed by atoms with van der Waals surface area (Å²) in [6.45, 7) is 12.1. The van der Waals surface area contributed by atoms with Gasteiger partial charge in [0.05, 0.1) is 0 Å². The van der Waals surface area contributed by atoms with E-state index in [2.05, 4.69) is 38.8 Å². The second-order valence-corrected chi connectivity index (χ2v) is 3.41. The van der Waals surface area contributed by atoms with E-state index >= 15 is 0 Å². The van der Waals surface area contributed by atoms with Crippen molar-refractivity contribution in [1.82, 2.24) is 0 Å². The second-order valence-electron chi connectivity index (χ2n) is 3.41. The number of hydrogen-bond donors (Lipinski definition) is 0. The van der Waals surface area contributed by atoms with E-state index in [1.807, 2.05) is 0 Å². The number of allylic oxidation sites excluding steroid dienone is 3. The van der Waals surface area contributed by atoms with Crippen LogP contribution in [-0.4, -0.2) is 0 Å². The fourth-order valence-electron chi connectivity index (χ4n) is 1.82. The number of rotatable bonds is 2. The predicted octanol–water partition coefficient (Wildman–Crippen LogP) is 4.50. The van der Waals surface area contributed by atoms with Gasteiger partial charge in [0.15, 0.2) is 0 Å². The van der Waals surface area contributed by atoms with Crippen molar-refractivity contribution in [2.75, 3.05) is 0 Å². The molecule has 0 aromatic carbocycles. The maximum Gasteiger partial charge on any atom is -0.0168 e. The van der Waals surface area contributed by atoms with Crippen molar-refractivity contribution in [3.63, 3.8) is 0 Å². The molecule has 1 saturated carbocycles. The molecule has 1 rings (SSSR count). The molecule has 0 heteroatoms. The molecule has 0 atom stereocenters. The molecule has 1 aliphatic carbocycles. The average molecular weight is 178 g/mol. The van der Waals surface area contributed by atoms with Crippen molar-refractivity contribution in [1.29, 1.82) is 0 Å². The summed E-state index contributed by atoms with van der Waals surface area (Å²) < 4.78 is 0. The lowest BCUT2D eigenvalue weighted by atomic mass is 9.84. The minimum absolute atomic E-state index is 0.792. The molecule has 13 heavy (non-hydrogen) atoms. The fourth-order valence-corrected chi connectivity index (χ4v) is 1.82. The molecule has 0 N–H and O–H groups in total. The zero-order valence-electron chi connectivity index (χ0n) is 8.89. The highest BCUT2D eigenvalue weighted by Gasteiger charge is 2.13. The van der Waals surface area contributed by atoms with E-state index in [9.17, 15) is 0 Å². The Morgan fingerprint density at radius 1 is 1.15 bits per heavy atom. The summed E-state index contributed by atoms with van der Waals surface area (Å²) in [5.74, 6) is 0.792. The molecule has 0 bridgehead atoms. The quantitative estimate of drug-likeness (QED) is 0.431. The van der Waals surface area contributed by atoms with Crippen LogP contribution in [0.25, 0.3) is 0 Å². The van der Waals surface area contributed by atoms with Crippen molar-refractivity contribution >= 4 is 0 Å². The summed E-state index contributed by atoms with van der Waals surface area (Å²) in [7, 11) is 0. The Labute approximate surface area is 83.0 Å². The van der Waals surface area contributed by atoms with E-state index in [4.69, 9.17) is 0 Å². The Morgan fingerprint density at radius 3 is 2.15 bits per heavy atom. The van der Waals surface area contributed by atoms with Crippen molar-refractivity contribution in [2.45, 2.75) is 39.0 Å². The minimum atomic E-state index is 0.792. The van der Waals surface area contributed by atoms with Gasteiger partial charge in [0.1, 0.15) is 0 Å². The molecule has 0 aliphatic heterocycles. The van der Waals surface area contributed by atoms with Gasteiger partial charge < -0.3 is 0 Å². The maximum absolute atomic E-state index is 4.08. The summed E-state index contributed by atoms with van der Waals surface area (Å²) in [6, 6.07) is 0. The highest BCUT2D eigenvalue weighted by molar-refractivity contribution is 5.17. The summed E-state index contributed by atoms with van der Waals surface area (Å²) in [6.07, 6.45) is 11.2. The molecule has 0 heterocycles. The summed E-state index contributed by atoms with van der Waals surface area (Å²) in [5, 5.41) is 0. The molecule has 0 nitrogen and oxygen atoms in total. The SMILES string of the molecule is C=C.C=C(/C=C\C)C1CCCCC1. The second kappa shape index (κ2) is 7.85. The van der Waals surface area contributed by atoms with E-state index in [0.29, 0.717) is 0 Å². The summed E-state index contributed by atoms with van der Waals surface area (Å²) in [4.78, 5) is 0. The molecule has 0 amide bonds. The standard InChI is InChI=1S/C11H18.C2H4/c1-3-7-10(2)11-8-5-4-6-9-11;1-2/h3,7,11H,2,4-6,8-9H2,1H3;1-2H2/b7-3-;. The molecule has 0 radical (unpaired) electrons. The Morgan fingerprint density at radius 2 is 1.69 bits per heavy atom. The summed E-state index contributed by atoms with van der Waals surface area (Å²) >= 11 is 0. The van der Waals surface area contributed by atoms with E-state index < -0.39 is 0 Å². The zero-order valence-corrected chi connectivity index (χ0v) is 8.89. The third kappa shape index (κ3) is 4.72. The Bertz CT molecular complexity index is 159. The van der Waals surface area contributed by atoms with Gasteiger partial charge in [-0.15, -0.1) is 13.2 Å². The van der Waals surface area contributed by atoms with Crippen LogP contribution in [0.1, 0.15) is 39.0 Å².